The van der Waals surface area contributed by atoms with Gasteiger partial charge in [0.05, 0.1) is 18.6 Å². The zero-order valence-corrected chi connectivity index (χ0v) is 19.7. The van der Waals surface area contributed by atoms with E-state index in [-0.39, 0.29) is 59.8 Å². The summed E-state index contributed by atoms with van der Waals surface area (Å²) in [6.45, 7) is 3.94. The van der Waals surface area contributed by atoms with E-state index in [4.69, 9.17) is 5.11 Å². The summed E-state index contributed by atoms with van der Waals surface area (Å²) >= 11 is 0. The predicted molar refractivity (Wildman–Crippen MR) is 140 cm³/mol. The van der Waals surface area contributed by atoms with Gasteiger partial charge in [-0.2, -0.15) is 0 Å². The summed E-state index contributed by atoms with van der Waals surface area (Å²) in [6.07, 6.45) is -1.96. The average molecular weight is 505 g/mol. The number of aliphatic hydroxyl groups excluding tert-OH is 2. The Morgan fingerprint density at radius 3 is 2.36 bits per heavy atom. The summed E-state index contributed by atoms with van der Waals surface area (Å²) in [5.74, 6) is -1.50. The molecule has 0 aliphatic heterocycles. The molecule has 0 bridgehead atoms. The first-order valence-corrected chi connectivity index (χ1v) is 11.7. The van der Waals surface area contributed by atoms with Crippen molar-refractivity contribution in [3.8, 4) is 11.1 Å². The van der Waals surface area contributed by atoms with Crippen molar-refractivity contribution >= 4 is 57.3 Å². The second-order valence-corrected chi connectivity index (χ2v) is 9.20. The predicted octanol–water partition coefficient (Wildman–Crippen LogP) is 3.74. The van der Waals surface area contributed by atoms with E-state index in [9.17, 15) is 24.2 Å². The van der Waals surface area contributed by atoms with Crippen LogP contribution in [-0.2, 0) is 11.2 Å². The Labute approximate surface area is 229 Å². The topological polar surface area (TPSA) is 116 Å². The number of benzene rings is 2. The number of aliphatic hydroxyl groups is 2. The Balaban J connectivity index is 0.00000361. The van der Waals surface area contributed by atoms with Crippen LogP contribution in [0.4, 0.5) is 4.39 Å². The van der Waals surface area contributed by atoms with E-state index in [2.05, 4.69) is 4.98 Å². The van der Waals surface area contributed by atoms with E-state index in [0.717, 1.165) is 27.6 Å². The van der Waals surface area contributed by atoms with Crippen LogP contribution in [0.25, 0.3) is 32.9 Å². The third-order valence-electron chi connectivity index (χ3n) is 6.28. The standard InChI is InChI=1S/C27H29FN2O5.Na.H/c1-15(2)30-22(12-11-18(31)13-19(32)14-23(33)34)24(16-7-9-17(28)10-8-16)25-20-5-3-4-6-21(20)29-27(35)26(25)30;;/h3-10,15,18-19,31-32H,11-14H2,1-2H3,(H,29,35)(H,33,34);;/t18-,19-;;/m1../s1. The average Bonchev–Trinajstić information content (AvgIpc) is 3.14. The summed E-state index contributed by atoms with van der Waals surface area (Å²) in [6, 6.07) is 13.6. The number of H-pyrrole nitrogens is 1. The first kappa shape index (κ1) is 28.1. The molecule has 0 saturated carbocycles. The van der Waals surface area contributed by atoms with Crippen LogP contribution in [0, 0.1) is 5.82 Å². The molecular weight excluding hydrogens is 474 g/mol. The molecule has 2 atom stereocenters. The maximum absolute atomic E-state index is 13.8. The van der Waals surface area contributed by atoms with Crippen LogP contribution in [-0.4, -0.2) is 72.6 Å². The third-order valence-corrected chi connectivity index (χ3v) is 6.28. The van der Waals surface area contributed by atoms with Gasteiger partial charge in [0, 0.05) is 33.6 Å². The fourth-order valence-corrected chi connectivity index (χ4v) is 4.88. The number of aliphatic carboxylic acids is 1. The number of hydrogen-bond donors (Lipinski definition) is 4. The van der Waals surface area contributed by atoms with Gasteiger partial charge in [0.25, 0.3) is 5.56 Å². The molecule has 2 aromatic heterocycles. The number of aromatic nitrogens is 2. The van der Waals surface area contributed by atoms with E-state index >= 15 is 0 Å². The SMILES string of the molecule is CC(C)n1c(CC[C@@H](O)C[C@@H](O)CC(=O)O)c(-c2ccc(F)cc2)c2c3ccccc3[nH]c(=O)c21.[NaH]. The first-order valence-electron chi connectivity index (χ1n) is 11.7. The maximum atomic E-state index is 13.8. The van der Waals surface area contributed by atoms with E-state index in [1.165, 1.54) is 12.1 Å². The number of nitrogens with one attached hydrogen (secondary N) is 1. The number of hydrogen-bond acceptors (Lipinski definition) is 4. The zero-order valence-electron chi connectivity index (χ0n) is 19.7. The Bertz CT molecular complexity index is 1430. The van der Waals surface area contributed by atoms with E-state index in [1.54, 1.807) is 12.1 Å². The molecule has 2 heterocycles. The molecule has 4 N–H and O–H groups in total. The number of pyridine rings is 1. The van der Waals surface area contributed by atoms with Gasteiger partial charge in [-0.15, -0.1) is 0 Å². The Hall–Kier alpha value is -2.49. The molecule has 2 aromatic carbocycles. The molecule has 186 valence electrons. The molecule has 0 aliphatic carbocycles. The van der Waals surface area contributed by atoms with Crippen molar-refractivity contribution in [3.63, 3.8) is 0 Å². The Kier molecular flexibility index (Phi) is 9.13. The minimum atomic E-state index is -1.15. The summed E-state index contributed by atoms with van der Waals surface area (Å²) in [4.78, 5) is 27.1. The van der Waals surface area contributed by atoms with Crippen LogP contribution in [0.2, 0.25) is 0 Å². The molecule has 0 spiro atoms. The Morgan fingerprint density at radius 2 is 1.72 bits per heavy atom. The van der Waals surface area contributed by atoms with Crippen LogP contribution < -0.4 is 5.56 Å². The fraction of sp³-hybridized carbons (Fsp3) is 0.333. The number of aromatic amines is 1. The quantitative estimate of drug-likeness (QED) is 0.259. The molecule has 36 heavy (non-hydrogen) atoms. The third kappa shape index (κ3) is 5.74. The number of nitrogens with zero attached hydrogens (tertiary/aromatic N) is 1. The van der Waals surface area contributed by atoms with E-state index < -0.39 is 24.6 Å². The molecule has 4 rings (SSSR count). The van der Waals surface area contributed by atoms with Crippen molar-refractivity contribution in [3.05, 3.63) is 70.4 Å². The molecule has 0 aliphatic rings. The van der Waals surface area contributed by atoms with Gasteiger partial charge in [0.15, 0.2) is 0 Å². The van der Waals surface area contributed by atoms with Gasteiger partial charge < -0.3 is 24.9 Å². The second-order valence-electron chi connectivity index (χ2n) is 9.20. The first-order chi connectivity index (χ1) is 16.7. The number of rotatable bonds is 9. The molecule has 0 fully saturated rings. The van der Waals surface area contributed by atoms with Crippen molar-refractivity contribution in [2.75, 3.05) is 0 Å². The zero-order chi connectivity index (χ0) is 25.3. The van der Waals surface area contributed by atoms with Gasteiger partial charge in [0.1, 0.15) is 11.3 Å². The molecular formula is C27H30FN2NaO5. The van der Waals surface area contributed by atoms with Gasteiger partial charge in [-0.3, -0.25) is 9.59 Å². The van der Waals surface area contributed by atoms with Crippen molar-refractivity contribution < 1.29 is 24.5 Å². The molecule has 4 aromatic rings. The molecule has 0 unspecified atom stereocenters. The summed E-state index contributed by atoms with van der Waals surface area (Å²) in [7, 11) is 0. The molecule has 9 heteroatoms. The van der Waals surface area contributed by atoms with Crippen LogP contribution in [0.3, 0.4) is 0 Å². The van der Waals surface area contributed by atoms with E-state index in [1.807, 2.05) is 42.7 Å². The Morgan fingerprint density at radius 1 is 1.06 bits per heavy atom. The van der Waals surface area contributed by atoms with Crippen LogP contribution in [0.15, 0.2) is 53.3 Å². The van der Waals surface area contributed by atoms with Crippen LogP contribution >= 0.6 is 0 Å². The van der Waals surface area contributed by atoms with Gasteiger partial charge in [0.2, 0.25) is 0 Å². The summed E-state index contributed by atoms with van der Waals surface area (Å²) < 4.78 is 15.7. The molecule has 7 nitrogen and oxygen atoms in total. The number of para-hydroxylation sites is 1. The van der Waals surface area contributed by atoms with Gasteiger partial charge in [-0.05, 0) is 56.9 Å². The number of halogens is 1. The monoisotopic (exact) mass is 504 g/mol. The summed E-state index contributed by atoms with van der Waals surface area (Å²) in [5.41, 5.74) is 3.33. The second kappa shape index (κ2) is 11.7. The summed E-state index contributed by atoms with van der Waals surface area (Å²) in [5, 5.41) is 31.0. The normalized spacial score (nSPS) is 13.2. The van der Waals surface area contributed by atoms with Crippen molar-refractivity contribution in [1.29, 1.82) is 0 Å². The van der Waals surface area contributed by atoms with Crippen molar-refractivity contribution in [1.82, 2.24) is 9.55 Å². The fourth-order valence-electron chi connectivity index (χ4n) is 4.88. The number of carboxylic acids is 1. The van der Waals surface area contributed by atoms with E-state index in [0.29, 0.717) is 17.5 Å². The molecule has 0 amide bonds. The van der Waals surface area contributed by atoms with Crippen LogP contribution in [0.5, 0.6) is 0 Å². The minimum absolute atomic E-state index is 0. The van der Waals surface area contributed by atoms with Crippen LogP contribution in [0.1, 0.15) is 44.8 Å². The molecule has 0 saturated heterocycles. The van der Waals surface area contributed by atoms with Crippen molar-refractivity contribution in [2.45, 2.75) is 57.8 Å². The van der Waals surface area contributed by atoms with Gasteiger partial charge in [-0.25, -0.2) is 4.39 Å². The number of fused-ring (bicyclic) bond motifs is 3. The van der Waals surface area contributed by atoms with Gasteiger partial charge in [-0.1, -0.05) is 30.3 Å². The number of carboxylic acid groups (broad SMARTS) is 1. The van der Waals surface area contributed by atoms with Gasteiger partial charge >= 0.3 is 35.5 Å². The number of carbonyl (C=O) groups is 1. The molecule has 0 radical (unpaired) electrons. The van der Waals surface area contributed by atoms with Crippen molar-refractivity contribution in [2.24, 2.45) is 0 Å².